The normalized spacial score (nSPS) is 32.0. The molecule has 0 radical (unpaired) electrons. The van der Waals surface area contributed by atoms with Gasteiger partial charge in [0.05, 0.1) is 0 Å². The van der Waals surface area contributed by atoms with Crippen LogP contribution in [0.3, 0.4) is 0 Å². The van der Waals surface area contributed by atoms with E-state index in [1.54, 1.807) is 5.57 Å². The van der Waals surface area contributed by atoms with Crippen LogP contribution in [0, 0.1) is 11.8 Å². The van der Waals surface area contributed by atoms with Crippen molar-refractivity contribution in [3.8, 4) is 0 Å². The Morgan fingerprint density at radius 3 is 2.59 bits per heavy atom. The van der Waals surface area contributed by atoms with E-state index >= 15 is 0 Å². The lowest BCUT2D eigenvalue weighted by Gasteiger charge is -2.35. The fourth-order valence-corrected chi connectivity index (χ4v) is 3.62. The van der Waals surface area contributed by atoms with E-state index in [1.165, 1.54) is 57.8 Å². The molecule has 2 rings (SSSR count). The van der Waals surface area contributed by atoms with E-state index in [0.29, 0.717) is 6.04 Å². The Hall–Kier alpha value is -0.340. The summed E-state index contributed by atoms with van der Waals surface area (Å²) in [6.07, 6.45) is 14.6. The number of nitrogens with one attached hydrogen (secondary N) is 1. The van der Waals surface area contributed by atoms with Crippen molar-refractivity contribution in [2.75, 3.05) is 0 Å². The average molecular weight is 236 g/mol. The molecule has 1 atom stereocenters. The Kier molecular flexibility index (Phi) is 5.05. The Balaban J connectivity index is 1.92. The summed E-state index contributed by atoms with van der Waals surface area (Å²) in [5.41, 5.74) is 4.70. The lowest BCUT2D eigenvalue weighted by Crippen LogP contribution is -2.43. The molecular formula is C15H28N2. The van der Waals surface area contributed by atoms with Gasteiger partial charge in [0.1, 0.15) is 0 Å². The van der Waals surface area contributed by atoms with Crippen molar-refractivity contribution >= 4 is 0 Å². The fraction of sp³-hybridized carbons (Fsp3) is 0.867. The van der Waals surface area contributed by atoms with E-state index in [1.807, 2.05) is 0 Å². The molecule has 3 N–H and O–H groups in total. The van der Waals surface area contributed by atoms with Gasteiger partial charge in [-0.3, -0.25) is 11.3 Å². The van der Waals surface area contributed by atoms with E-state index in [0.717, 1.165) is 11.8 Å². The standard InChI is InChI=1S/C15H28N2/c1-2-12-8-10-14(11-9-12)15(17-16)13-6-4-3-5-7-13/h6,12,14-15,17H,2-5,7-11,16H2,1H3. The molecule has 1 fully saturated rings. The number of hydrazine groups is 1. The summed E-state index contributed by atoms with van der Waals surface area (Å²) in [5, 5.41) is 0. The van der Waals surface area contributed by atoms with Gasteiger partial charge in [-0.15, -0.1) is 0 Å². The Morgan fingerprint density at radius 2 is 2.06 bits per heavy atom. The molecule has 0 spiro atoms. The van der Waals surface area contributed by atoms with Crippen molar-refractivity contribution < 1.29 is 0 Å². The maximum Gasteiger partial charge on any atom is 0.0447 e. The molecule has 0 aromatic rings. The van der Waals surface area contributed by atoms with Crippen LogP contribution >= 0.6 is 0 Å². The van der Waals surface area contributed by atoms with Crippen molar-refractivity contribution in [1.29, 1.82) is 0 Å². The minimum Gasteiger partial charge on any atom is -0.271 e. The number of rotatable bonds is 4. The molecule has 1 unspecified atom stereocenters. The summed E-state index contributed by atoms with van der Waals surface area (Å²) in [6, 6.07) is 0.466. The van der Waals surface area contributed by atoms with Crippen LogP contribution in [0.15, 0.2) is 11.6 Å². The summed E-state index contributed by atoms with van der Waals surface area (Å²) in [4.78, 5) is 0. The third kappa shape index (κ3) is 3.32. The van der Waals surface area contributed by atoms with Gasteiger partial charge in [0.15, 0.2) is 0 Å². The van der Waals surface area contributed by atoms with Gasteiger partial charge in [-0.05, 0) is 50.4 Å². The predicted molar refractivity (Wildman–Crippen MR) is 73.4 cm³/mol. The molecule has 0 aliphatic heterocycles. The SMILES string of the molecule is CCC1CCC(C(NN)C2=CCCCC2)CC1. The van der Waals surface area contributed by atoms with Crippen molar-refractivity contribution in [1.82, 2.24) is 5.43 Å². The lowest BCUT2D eigenvalue weighted by molar-refractivity contribution is 0.230. The zero-order valence-electron chi connectivity index (χ0n) is 11.3. The van der Waals surface area contributed by atoms with Gasteiger partial charge >= 0.3 is 0 Å². The largest absolute Gasteiger partial charge is 0.271 e. The van der Waals surface area contributed by atoms with Gasteiger partial charge < -0.3 is 0 Å². The van der Waals surface area contributed by atoms with Crippen LogP contribution in [-0.4, -0.2) is 6.04 Å². The Morgan fingerprint density at radius 1 is 1.29 bits per heavy atom. The van der Waals surface area contributed by atoms with E-state index < -0.39 is 0 Å². The molecule has 0 bridgehead atoms. The van der Waals surface area contributed by atoms with Crippen molar-refractivity contribution in [2.45, 2.75) is 70.8 Å². The number of hydrogen-bond acceptors (Lipinski definition) is 2. The second-order valence-corrected chi connectivity index (χ2v) is 5.86. The zero-order chi connectivity index (χ0) is 12.1. The van der Waals surface area contributed by atoms with E-state index in [2.05, 4.69) is 18.4 Å². The van der Waals surface area contributed by atoms with Crippen LogP contribution in [0.2, 0.25) is 0 Å². The second kappa shape index (κ2) is 6.55. The first kappa shape index (κ1) is 13.1. The molecule has 0 saturated heterocycles. The maximum atomic E-state index is 5.81. The minimum atomic E-state index is 0.466. The predicted octanol–water partition coefficient (Wildman–Crippen LogP) is 3.54. The highest BCUT2D eigenvalue weighted by Gasteiger charge is 2.28. The zero-order valence-corrected chi connectivity index (χ0v) is 11.3. The fourth-order valence-electron chi connectivity index (χ4n) is 3.62. The molecule has 2 nitrogen and oxygen atoms in total. The van der Waals surface area contributed by atoms with Gasteiger partial charge in [0, 0.05) is 6.04 Å². The molecule has 2 aliphatic rings. The monoisotopic (exact) mass is 236 g/mol. The molecule has 0 aromatic carbocycles. The third-order valence-corrected chi connectivity index (χ3v) is 4.85. The second-order valence-electron chi connectivity index (χ2n) is 5.86. The van der Waals surface area contributed by atoms with Gasteiger partial charge in [-0.2, -0.15) is 0 Å². The summed E-state index contributed by atoms with van der Waals surface area (Å²) in [5.74, 6) is 7.57. The van der Waals surface area contributed by atoms with Crippen LogP contribution in [0.25, 0.3) is 0 Å². The van der Waals surface area contributed by atoms with Gasteiger partial charge in [0.2, 0.25) is 0 Å². The van der Waals surface area contributed by atoms with Crippen LogP contribution in [0.5, 0.6) is 0 Å². The maximum absolute atomic E-state index is 5.81. The number of nitrogens with two attached hydrogens (primary N) is 1. The first-order chi connectivity index (χ1) is 8.35. The van der Waals surface area contributed by atoms with Crippen LogP contribution in [0.4, 0.5) is 0 Å². The molecule has 0 amide bonds. The smallest absolute Gasteiger partial charge is 0.0447 e. The first-order valence-electron chi connectivity index (χ1n) is 7.50. The van der Waals surface area contributed by atoms with Crippen molar-refractivity contribution in [3.05, 3.63) is 11.6 Å². The van der Waals surface area contributed by atoms with Crippen molar-refractivity contribution in [2.24, 2.45) is 17.7 Å². The topological polar surface area (TPSA) is 38.0 Å². The van der Waals surface area contributed by atoms with Gasteiger partial charge in [0.25, 0.3) is 0 Å². The number of hydrogen-bond donors (Lipinski definition) is 2. The van der Waals surface area contributed by atoms with Crippen LogP contribution < -0.4 is 11.3 Å². The Bertz CT molecular complexity index is 252. The molecule has 1 saturated carbocycles. The third-order valence-electron chi connectivity index (χ3n) is 4.85. The molecule has 2 aliphatic carbocycles. The highest BCUT2D eigenvalue weighted by atomic mass is 15.2. The van der Waals surface area contributed by atoms with E-state index in [9.17, 15) is 0 Å². The van der Waals surface area contributed by atoms with Crippen LogP contribution in [0.1, 0.15) is 64.7 Å². The highest BCUT2D eigenvalue weighted by molar-refractivity contribution is 5.14. The summed E-state index contributed by atoms with van der Waals surface area (Å²) < 4.78 is 0. The first-order valence-corrected chi connectivity index (χ1v) is 7.50. The number of allylic oxidation sites excluding steroid dienone is 1. The highest BCUT2D eigenvalue weighted by Crippen LogP contribution is 2.35. The molecule has 2 heteroatoms. The van der Waals surface area contributed by atoms with E-state index in [-0.39, 0.29) is 0 Å². The average Bonchev–Trinajstić information content (AvgIpc) is 2.42. The molecule has 98 valence electrons. The summed E-state index contributed by atoms with van der Waals surface area (Å²) >= 11 is 0. The quantitative estimate of drug-likeness (QED) is 0.445. The summed E-state index contributed by atoms with van der Waals surface area (Å²) in [6.45, 7) is 2.33. The molecule has 0 aromatic heterocycles. The van der Waals surface area contributed by atoms with Gasteiger partial charge in [-0.25, -0.2) is 0 Å². The molecule has 17 heavy (non-hydrogen) atoms. The van der Waals surface area contributed by atoms with Crippen molar-refractivity contribution in [3.63, 3.8) is 0 Å². The van der Waals surface area contributed by atoms with Crippen LogP contribution in [-0.2, 0) is 0 Å². The van der Waals surface area contributed by atoms with E-state index in [4.69, 9.17) is 5.84 Å². The minimum absolute atomic E-state index is 0.466. The summed E-state index contributed by atoms with van der Waals surface area (Å²) in [7, 11) is 0. The Labute approximate surface area is 106 Å². The lowest BCUT2D eigenvalue weighted by atomic mass is 9.74. The van der Waals surface area contributed by atoms with Gasteiger partial charge in [-0.1, -0.05) is 37.8 Å². The molecular weight excluding hydrogens is 208 g/mol. The molecule has 0 heterocycles.